The van der Waals surface area contributed by atoms with E-state index < -0.39 is 12.2 Å². The van der Waals surface area contributed by atoms with Gasteiger partial charge in [-0.05, 0) is 19.0 Å². The smallest absolute Gasteiger partial charge is 0.151 e. The van der Waals surface area contributed by atoms with Gasteiger partial charge in [-0.2, -0.15) is 0 Å². The third-order valence-electron chi connectivity index (χ3n) is 3.95. The number of nitrogen functional groups attached to an aromatic ring is 1. The zero-order valence-corrected chi connectivity index (χ0v) is 10.3. The fourth-order valence-corrected chi connectivity index (χ4v) is 2.86. The molecule has 0 bridgehead atoms. The van der Waals surface area contributed by atoms with Crippen LogP contribution in [-0.4, -0.2) is 43.5 Å². The molecular weight excluding hydrogens is 246 g/mol. The van der Waals surface area contributed by atoms with Gasteiger partial charge in [0.15, 0.2) is 5.82 Å². The molecule has 1 saturated carbocycles. The monoisotopic (exact) mass is 263 g/mol. The van der Waals surface area contributed by atoms with E-state index in [1.165, 1.54) is 0 Å². The Balaban J connectivity index is 2.04. The Bertz CT molecular complexity index is 599. The van der Waals surface area contributed by atoms with Gasteiger partial charge in [0.05, 0.1) is 24.0 Å². The molecule has 2 aromatic heterocycles. The summed E-state index contributed by atoms with van der Waals surface area (Å²) in [5.41, 5.74) is 12.8. The summed E-state index contributed by atoms with van der Waals surface area (Å²) in [5.74, 6) is 0.260. The van der Waals surface area contributed by atoms with Crippen molar-refractivity contribution in [2.45, 2.75) is 24.7 Å². The molecule has 4 atom stereocenters. The van der Waals surface area contributed by atoms with E-state index in [4.69, 9.17) is 11.5 Å². The van der Waals surface area contributed by atoms with Crippen molar-refractivity contribution in [1.29, 1.82) is 0 Å². The number of nitrogens with two attached hydrogens (primary N) is 2. The van der Waals surface area contributed by atoms with E-state index in [-0.39, 0.29) is 12.0 Å². The summed E-state index contributed by atoms with van der Waals surface area (Å²) in [4.78, 5) is 8.21. The zero-order valence-electron chi connectivity index (χ0n) is 10.3. The first-order valence-corrected chi connectivity index (χ1v) is 6.26. The fourth-order valence-electron chi connectivity index (χ4n) is 2.86. The molecule has 2 heterocycles. The molecule has 102 valence electrons. The summed E-state index contributed by atoms with van der Waals surface area (Å²) < 4.78 is 1.84. The number of pyridine rings is 1. The second-order valence-corrected chi connectivity index (χ2v) is 5.00. The maximum atomic E-state index is 10.2. The number of aliphatic hydroxyl groups is 2. The molecule has 1 aliphatic carbocycles. The average molecular weight is 263 g/mol. The number of fused-ring (bicyclic) bond motifs is 1. The lowest BCUT2D eigenvalue weighted by Gasteiger charge is -2.18. The number of hydrogen-bond acceptors (Lipinski definition) is 6. The van der Waals surface area contributed by atoms with E-state index in [1.54, 1.807) is 18.6 Å². The molecule has 0 radical (unpaired) electrons. The molecule has 2 aromatic rings. The minimum Gasteiger partial charge on any atom is -0.390 e. The van der Waals surface area contributed by atoms with E-state index in [0.717, 1.165) is 5.52 Å². The zero-order chi connectivity index (χ0) is 13.6. The van der Waals surface area contributed by atoms with E-state index in [2.05, 4.69) is 9.97 Å². The first-order valence-electron chi connectivity index (χ1n) is 6.26. The number of imidazole rings is 1. The van der Waals surface area contributed by atoms with Gasteiger partial charge in [-0.1, -0.05) is 0 Å². The van der Waals surface area contributed by atoms with Crippen molar-refractivity contribution in [1.82, 2.24) is 14.5 Å². The van der Waals surface area contributed by atoms with Crippen molar-refractivity contribution in [2.75, 3.05) is 12.3 Å². The van der Waals surface area contributed by atoms with Gasteiger partial charge in [0.2, 0.25) is 0 Å². The van der Waals surface area contributed by atoms with Crippen LogP contribution in [0.1, 0.15) is 12.5 Å². The minimum absolute atomic E-state index is 0.100. The molecule has 1 unspecified atom stereocenters. The van der Waals surface area contributed by atoms with E-state index >= 15 is 0 Å². The predicted octanol–water partition coefficient (Wildman–Crippen LogP) is -0.745. The normalized spacial score (nSPS) is 31.1. The van der Waals surface area contributed by atoms with Crippen LogP contribution in [0.4, 0.5) is 5.82 Å². The third-order valence-corrected chi connectivity index (χ3v) is 3.95. The molecule has 7 nitrogen and oxygen atoms in total. The number of hydrogen-bond donors (Lipinski definition) is 4. The van der Waals surface area contributed by atoms with Crippen LogP contribution in [0.3, 0.4) is 0 Å². The molecule has 0 spiro atoms. The summed E-state index contributed by atoms with van der Waals surface area (Å²) in [6.45, 7) is 0.352. The second kappa shape index (κ2) is 4.44. The van der Waals surface area contributed by atoms with Gasteiger partial charge in [0, 0.05) is 12.1 Å². The van der Waals surface area contributed by atoms with Gasteiger partial charge in [0.25, 0.3) is 0 Å². The Labute approximate surface area is 109 Å². The van der Waals surface area contributed by atoms with Gasteiger partial charge in [-0.15, -0.1) is 0 Å². The lowest BCUT2D eigenvalue weighted by atomic mass is 10.1. The van der Waals surface area contributed by atoms with Crippen molar-refractivity contribution in [3.8, 4) is 0 Å². The molecule has 0 saturated heterocycles. The number of anilines is 1. The first-order chi connectivity index (χ1) is 9.13. The topological polar surface area (TPSA) is 123 Å². The Morgan fingerprint density at radius 2 is 2.11 bits per heavy atom. The Morgan fingerprint density at radius 3 is 2.79 bits per heavy atom. The largest absolute Gasteiger partial charge is 0.390 e. The standard InChI is InChI=1S/C12H17N5O2/c13-4-6-3-8(11(19)10(6)18)17-5-16-9-7(17)1-2-15-12(9)14/h1-2,5-6,8,10-11,18-19H,3-4,13H2,(H2,14,15)/t6-,8-,10+,11?/m1/s1. The summed E-state index contributed by atoms with van der Waals surface area (Å²) >= 11 is 0. The molecule has 6 N–H and O–H groups in total. The van der Waals surface area contributed by atoms with Gasteiger partial charge in [-0.3, -0.25) is 0 Å². The maximum absolute atomic E-state index is 10.2. The molecule has 7 heteroatoms. The number of aliphatic hydroxyl groups excluding tert-OH is 2. The van der Waals surface area contributed by atoms with Gasteiger partial charge in [0.1, 0.15) is 11.6 Å². The predicted molar refractivity (Wildman–Crippen MR) is 70.2 cm³/mol. The summed E-state index contributed by atoms with van der Waals surface area (Å²) in [6.07, 6.45) is 2.20. The van der Waals surface area contributed by atoms with Crippen molar-refractivity contribution >= 4 is 16.9 Å². The Morgan fingerprint density at radius 1 is 1.32 bits per heavy atom. The van der Waals surface area contributed by atoms with E-state index in [9.17, 15) is 10.2 Å². The highest BCUT2D eigenvalue weighted by Gasteiger charge is 2.42. The molecule has 1 fully saturated rings. The molecule has 3 rings (SSSR count). The van der Waals surface area contributed by atoms with Crippen molar-refractivity contribution in [3.05, 3.63) is 18.6 Å². The van der Waals surface area contributed by atoms with Crippen LogP contribution < -0.4 is 11.5 Å². The lowest BCUT2D eigenvalue weighted by molar-refractivity contribution is 0.00821. The first kappa shape index (κ1) is 12.3. The van der Waals surface area contributed by atoms with Gasteiger partial charge < -0.3 is 26.2 Å². The van der Waals surface area contributed by atoms with Crippen molar-refractivity contribution in [2.24, 2.45) is 11.7 Å². The molecule has 0 aromatic carbocycles. The Hall–Kier alpha value is -1.70. The highest BCUT2D eigenvalue weighted by molar-refractivity contribution is 5.84. The molecule has 19 heavy (non-hydrogen) atoms. The van der Waals surface area contributed by atoms with E-state index in [1.807, 2.05) is 4.57 Å². The second-order valence-electron chi connectivity index (χ2n) is 5.00. The molecule has 0 amide bonds. The maximum Gasteiger partial charge on any atom is 0.151 e. The average Bonchev–Trinajstić information content (AvgIpc) is 2.94. The fraction of sp³-hybridized carbons (Fsp3) is 0.500. The summed E-state index contributed by atoms with van der Waals surface area (Å²) in [5, 5.41) is 20.1. The van der Waals surface area contributed by atoms with Crippen LogP contribution >= 0.6 is 0 Å². The molecular formula is C12H17N5O2. The number of aromatic nitrogens is 3. The lowest BCUT2D eigenvalue weighted by Crippen LogP contribution is -2.31. The van der Waals surface area contributed by atoms with Crippen LogP contribution in [-0.2, 0) is 0 Å². The molecule has 0 aliphatic heterocycles. The minimum atomic E-state index is -0.847. The van der Waals surface area contributed by atoms with Gasteiger partial charge >= 0.3 is 0 Å². The quantitative estimate of drug-likeness (QED) is 0.565. The third kappa shape index (κ3) is 1.78. The number of nitrogens with zero attached hydrogens (tertiary/aromatic N) is 3. The van der Waals surface area contributed by atoms with Crippen molar-refractivity contribution < 1.29 is 10.2 Å². The van der Waals surface area contributed by atoms with E-state index in [0.29, 0.717) is 24.3 Å². The van der Waals surface area contributed by atoms with Crippen LogP contribution in [0.25, 0.3) is 11.0 Å². The van der Waals surface area contributed by atoms with Crippen LogP contribution in [0.2, 0.25) is 0 Å². The summed E-state index contributed by atoms with van der Waals surface area (Å²) in [7, 11) is 0. The Kier molecular flexibility index (Phi) is 2.89. The number of rotatable bonds is 2. The van der Waals surface area contributed by atoms with Crippen LogP contribution in [0.15, 0.2) is 18.6 Å². The van der Waals surface area contributed by atoms with Crippen molar-refractivity contribution in [3.63, 3.8) is 0 Å². The molecule has 1 aliphatic rings. The summed E-state index contributed by atoms with van der Waals surface area (Å²) in [6, 6.07) is 1.56. The van der Waals surface area contributed by atoms with Crippen LogP contribution in [0.5, 0.6) is 0 Å². The SMILES string of the molecule is NC[C@H]1C[C@@H](n2cnc3c(N)nccc32)C(O)[C@H]1O. The van der Waals surface area contributed by atoms with Crippen LogP contribution in [0, 0.1) is 5.92 Å². The highest BCUT2D eigenvalue weighted by Crippen LogP contribution is 2.36. The van der Waals surface area contributed by atoms with Gasteiger partial charge in [-0.25, -0.2) is 9.97 Å². The highest BCUT2D eigenvalue weighted by atomic mass is 16.3.